The van der Waals surface area contributed by atoms with E-state index in [0.29, 0.717) is 18.3 Å². The van der Waals surface area contributed by atoms with Crippen LogP contribution in [0.3, 0.4) is 0 Å². The Morgan fingerprint density at radius 2 is 2.22 bits per heavy atom. The largest absolute Gasteiger partial charge is 0.380 e. The van der Waals surface area contributed by atoms with Crippen molar-refractivity contribution in [1.82, 2.24) is 4.90 Å². The van der Waals surface area contributed by atoms with Gasteiger partial charge in [0.25, 0.3) is 5.69 Å². The summed E-state index contributed by atoms with van der Waals surface area (Å²) in [6.45, 7) is 3.39. The third-order valence-corrected chi connectivity index (χ3v) is 3.27. The molecule has 18 heavy (non-hydrogen) atoms. The normalized spacial score (nSPS) is 14.8. The second-order valence-electron chi connectivity index (χ2n) is 4.74. The van der Waals surface area contributed by atoms with Crippen molar-refractivity contribution in [1.29, 1.82) is 0 Å². The average molecular weight is 249 g/mol. The van der Waals surface area contributed by atoms with Gasteiger partial charge in [-0.15, -0.1) is 0 Å². The van der Waals surface area contributed by atoms with Gasteiger partial charge in [-0.3, -0.25) is 15.0 Å². The molecule has 0 aromatic heterocycles. The summed E-state index contributed by atoms with van der Waals surface area (Å²) in [5, 5.41) is 14.2. The Morgan fingerprint density at radius 1 is 1.50 bits per heavy atom. The van der Waals surface area contributed by atoms with Crippen LogP contribution in [0.5, 0.6) is 0 Å². The van der Waals surface area contributed by atoms with Crippen LogP contribution in [0.25, 0.3) is 0 Å². The predicted molar refractivity (Wildman–Crippen MR) is 71.7 cm³/mol. The molecule has 5 nitrogen and oxygen atoms in total. The van der Waals surface area contributed by atoms with Gasteiger partial charge in [-0.1, -0.05) is 12.1 Å². The average Bonchev–Trinajstić information content (AvgIpc) is 3.15. The Balaban J connectivity index is 2.26. The van der Waals surface area contributed by atoms with Crippen molar-refractivity contribution in [3.8, 4) is 0 Å². The van der Waals surface area contributed by atoms with Crippen molar-refractivity contribution in [2.24, 2.45) is 0 Å². The van der Waals surface area contributed by atoms with Crippen LogP contribution in [0.1, 0.15) is 25.3 Å². The van der Waals surface area contributed by atoms with E-state index in [2.05, 4.69) is 17.3 Å². The zero-order chi connectivity index (χ0) is 13.1. The maximum Gasteiger partial charge on any atom is 0.292 e. The highest BCUT2D eigenvalue weighted by atomic mass is 16.6. The zero-order valence-corrected chi connectivity index (χ0v) is 10.8. The van der Waals surface area contributed by atoms with Gasteiger partial charge in [-0.05, 0) is 32.4 Å². The van der Waals surface area contributed by atoms with Crippen molar-refractivity contribution in [2.75, 3.05) is 18.9 Å². The van der Waals surface area contributed by atoms with Crippen molar-refractivity contribution >= 4 is 11.4 Å². The summed E-state index contributed by atoms with van der Waals surface area (Å²) in [4.78, 5) is 13.0. The van der Waals surface area contributed by atoms with E-state index in [1.54, 1.807) is 12.1 Å². The fraction of sp³-hybridized carbons (Fsp3) is 0.538. The number of nitrogens with zero attached hydrogens (tertiary/aromatic N) is 2. The first kappa shape index (κ1) is 12.8. The number of nitrogens with one attached hydrogen (secondary N) is 1. The summed E-state index contributed by atoms with van der Waals surface area (Å²) in [5.41, 5.74) is 1.83. The minimum absolute atomic E-state index is 0.165. The minimum Gasteiger partial charge on any atom is -0.380 e. The standard InChI is InChI=1S/C13H19N3O2/c1-3-14-13-10(9-15(2)11-7-8-11)5-4-6-12(13)16(17)18/h4-6,11,14H,3,7-9H2,1-2H3. The maximum absolute atomic E-state index is 11.0. The Morgan fingerprint density at radius 3 is 2.78 bits per heavy atom. The molecular formula is C13H19N3O2. The van der Waals surface area contributed by atoms with Gasteiger partial charge in [0.2, 0.25) is 0 Å². The molecule has 1 aliphatic carbocycles. The SMILES string of the molecule is CCNc1c(CN(C)C2CC2)cccc1[N+](=O)[O-]. The molecule has 0 aliphatic heterocycles. The summed E-state index contributed by atoms with van der Waals surface area (Å²) in [6.07, 6.45) is 2.48. The molecule has 1 aromatic carbocycles. The summed E-state index contributed by atoms with van der Waals surface area (Å²) < 4.78 is 0. The van der Waals surface area contributed by atoms with Crippen molar-refractivity contribution in [2.45, 2.75) is 32.4 Å². The van der Waals surface area contributed by atoms with Gasteiger partial charge in [0.05, 0.1) is 4.92 Å². The first-order valence-corrected chi connectivity index (χ1v) is 6.34. The molecule has 1 aromatic rings. The highest BCUT2D eigenvalue weighted by molar-refractivity contribution is 5.66. The van der Waals surface area contributed by atoms with Crippen molar-refractivity contribution in [3.63, 3.8) is 0 Å². The lowest BCUT2D eigenvalue weighted by Crippen LogP contribution is -2.21. The third-order valence-electron chi connectivity index (χ3n) is 3.27. The molecule has 5 heteroatoms. The maximum atomic E-state index is 11.0. The molecule has 0 amide bonds. The summed E-state index contributed by atoms with van der Waals surface area (Å²) in [7, 11) is 2.08. The van der Waals surface area contributed by atoms with Gasteiger partial charge in [-0.2, -0.15) is 0 Å². The molecule has 2 rings (SSSR count). The molecule has 1 saturated carbocycles. The molecule has 98 valence electrons. The van der Waals surface area contributed by atoms with E-state index in [1.807, 2.05) is 13.0 Å². The van der Waals surface area contributed by atoms with Crippen molar-refractivity contribution < 1.29 is 4.92 Å². The van der Waals surface area contributed by atoms with Crippen LogP contribution in [0.4, 0.5) is 11.4 Å². The van der Waals surface area contributed by atoms with E-state index in [-0.39, 0.29) is 10.6 Å². The van der Waals surface area contributed by atoms with Crippen LogP contribution in [0.15, 0.2) is 18.2 Å². The van der Waals surface area contributed by atoms with Gasteiger partial charge in [-0.25, -0.2) is 0 Å². The van der Waals surface area contributed by atoms with Gasteiger partial charge in [0.1, 0.15) is 5.69 Å². The van der Waals surface area contributed by atoms with Crippen LogP contribution in [0, 0.1) is 10.1 Å². The van der Waals surface area contributed by atoms with E-state index in [4.69, 9.17) is 0 Å². The topological polar surface area (TPSA) is 58.4 Å². The fourth-order valence-corrected chi connectivity index (χ4v) is 2.16. The number of nitro groups is 1. The molecule has 0 heterocycles. The molecule has 0 atom stereocenters. The molecule has 0 radical (unpaired) electrons. The smallest absolute Gasteiger partial charge is 0.292 e. The quantitative estimate of drug-likeness (QED) is 0.622. The van der Waals surface area contributed by atoms with Crippen LogP contribution in [-0.2, 0) is 6.54 Å². The summed E-state index contributed by atoms with van der Waals surface area (Å²) >= 11 is 0. The van der Waals surface area contributed by atoms with E-state index < -0.39 is 0 Å². The van der Waals surface area contributed by atoms with E-state index >= 15 is 0 Å². The second-order valence-corrected chi connectivity index (χ2v) is 4.74. The first-order chi connectivity index (χ1) is 8.63. The zero-order valence-electron chi connectivity index (χ0n) is 10.8. The van der Waals surface area contributed by atoms with Gasteiger partial charge in [0, 0.05) is 25.2 Å². The Bertz CT molecular complexity index is 444. The fourth-order valence-electron chi connectivity index (χ4n) is 2.16. The van der Waals surface area contributed by atoms with Crippen LogP contribution in [-0.4, -0.2) is 29.5 Å². The first-order valence-electron chi connectivity index (χ1n) is 6.34. The third kappa shape index (κ3) is 2.79. The van der Waals surface area contributed by atoms with Gasteiger partial charge < -0.3 is 5.32 Å². The molecule has 1 N–H and O–H groups in total. The Labute approximate surface area is 107 Å². The van der Waals surface area contributed by atoms with Gasteiger partial charge in [0.15, 0.2) is 0 Å². The number of rotatable bonds is 6. The molecule has 1 fully saturated rings. The highest BCUT2D eigenvalue weighted by Crippen LogP contribution is 2.32. The van der Waals surface area contributed by atoms with Crippen LogP contribution in [0.2, 0.25) is 0 Å². The Hall–Kier alpha value is -1.62. The van der Waals surface area contributed by atoms with E-state index in [1.165, 1.54) is 12.8 Å². The molecule has 0 spiro atoms. The number of benzene rings is 1. The summed E-state index contributed by atoms with van der Waals surface area (Å²) in [5.74, 6) is 0. The molecule has 1 aliphatic rings. The summed E-state index contributed by atoms with van der Waals surface area (Å²) in [6, 6.07) is 5.93. The van der Waals surface area contributed by atoms with Crippen molar-refractivity contribution in [3.05, 3.63) is 33.9 Å². The lowest BCUT2D eigenvalue weighted by molar-refractivity contribution is -0.384. The molecule has 0 unspecified atom stereocenters. The Kier molecular flexibility index (Phi) is 3.81. The number of hydrogen-bond acceptors (Lipinski definition) is 4. The lowest BCUT2D eigenvalue weighted by Gasteiger charge is -2.18. The van der Waals surface area contributed by atoms with Gasteiger partial charge >= 0.3 is 0 Å². The number of para-hydroxylation sites is 1. The number of hydrogen-bond donors (Lipinski definition) is 1. The molecule has 0 bridgehead atoms. The molecular weight excluding hydrogens is 230 g/mol. The van der Waals surface area contributed by atoms with E-state index in [9.17, 15) is 10.1 Å². The monoisotopic (exact) mass is 249 g/mol. The van der Waals surface area contributed by atoms with E-state index in [0.717, 1.165) is 12.1 Å². The second kappa shape index (κ2) is 5.35. The van der Waals surface area contributed by atoms with Crippen LogP contribution >= 0.6 is 0 Å². The number of anilines is 1. The lowest BCUT2D eigenvalue weighted by atomic mass is 10.1. The predicted octanol–water partition coefficient (Wildman–Crippen LogP) is 2.62. The molecule has 0 saturated heterocycles. The number of nitro benzene ring substituents is 1. The van der Waals surface area contributed by atoms with Crippen LogP contribution < -0.4 is 5.32 Å². The minimum atomic E-state index is -0.321. The highest BCUT2D eigenvalue weighted by Gasteiger charge is 2.27.